The first kappa shape index (κ1) is 20.5. The van der Waals surface area contributed by atoms with Gasteiger partial charge in [-0.1, -0.05) is 49.4 Å². The van der Waals surface area contributed by atoms with Crippen molar-refractivity contribution in [2.45, 2.75) is 45.1 Å². The Hall–Kier alpha value is -2.79. The number of hydrogen-bond donors (Lipinski definition) is 2. The summed E-state index contributed by atoms with van der Waals surface area (Å²) in [7, 11) is 0. The number of aryl methyl sites for hydroxylation is 2. The summed E-state index contributed by atoms with van der Waals surface area (Å²) in [5, 5.41) is 3.36. The number of benzene rings is 3. The molecule has 30 heavy (non-hydrogen) atoms. The molecule has 0 saturated heterocycles. The molecule has 5 heteroatoms. The summed E-state index contributed by atoms with van der Waals surface area (Å²) < 4.78 is 18.3. The lowest BCUT2D eigenvalue weighted by atomic mass is 9.88. The van der Waals surface area contributed by atoms with Crippen LogP contribution >= 0.6 is 11.9 Å². The third-order valence-electron chi connectivity index (χ3n) is 5.87. The van der Waals surface area contributed by atoms with Gasteiger partial charge in [-0.05, 0) is 72.7 Å². The largest absolute Gasteiger partial charge is 0.324 e. The minimum atomic E-state index is -0.201. The predicted molar refractivity (Wildman–Crippen MR) is 125 cm³/mol. The second-order valence-electron chi connectivity index (χ2n) is 7.77. The van der Waals surface area contributed by atoms with E-state index >= 15 is 4.39 Å². The Bertz CT molecular complexity index is 1120. The molecule has 3 aromatic rings. The van der Waals surface area contributed by atoms with Crippen LogP contribution in [0.15, 0.2) is 64.5 Å². The highest BCUT2D eigenvalue weighted by atomic mass is 32.2. The SMILES string of the molecule is Cc1ccccc1C(C)c1c(F)ccc2c1NC(=NCc1cccc(C)c1C)NS2. The topological polar surface area (TPSA) is 36.4 Å². The molecule has 1 heterocycles. The Balaban J connectivity index is 1.67. The first-order chi connectivity index (χ1) is 14.5. The summed E-state index contributed by atoms with van der Waals surface area (Å²) >= 11 is 1.47. The summed E-state index contributed by atoms with van der Waals surface area (Å²) in [6, 6.07) is 17.8. The van der Waals surface area contributed by atoms with Gasteiger partial charge in [0.15, 0.2) is 0 Å². The summed E-state index contributed by atoms with van der Waals surface area (Å²) in [6.45, 7) is 8.92. The van der Waals surface area contributed by atoms with E-state index in [1.165, 1.54) is 28.6 Å². The third kappa shape index (κ3) is 3.94. The number of nitrogens with zero attached hydrogens (tertiary/aromatic N) is 1. The van der Waals surface area contributed by atoms with E-state index < -0.39 is 0 Å². The van der Waals surface area contributed by atoms with Crippen LogP contribution in [0, 0.1) is 26.6 Å². The number of aliphatic imine (C=N–C) groups is 1. The van der Waals surface area contributed by atoms with Crippen molar-refractivity contribution < 1.29 is 4.39 Å². The van der Waals surface area contributed by atoms with Crippen LogP contribution in [-0.2, 0) is 6.54 Å². The van der Waals surface area contributed by atoms with Crippen molar-refractivity contribution >= 4 is 23.6 Å². The molecule has 0 spiro atoms. The predicted octanol–water partition coefficient (Wildman–Crippen LogP) is 6.48. The molecule has 0 fully saturated rings. The van der Waals surface area contributed by atoms with Crippen molar-refractivity contribution in [2.75, 3.05) is 5.32 Å². The maximum absolute atomic E-state index is 15.0. The van der Waals surface area contributed by atoms with Gasteiger partial charge in [-0.3, -0.25) is 4.72 Å². The van der Waals surface area contributed by atoms with Gasteiger partial charge in [-0.25, -0.2) is 9.38 Å². The van der Waals surface area contributed by atoms with Crippen molar-refractivity contribution in [2.24, 2.45) is 4.99 Å². The van der Waals surface area contributed by atoms with Crippen molar-refractivity contribution in [3.63, 3.8) is 0 Å². The lowest BCUT2D eigenvalue weighted by Gasteiger charge is -2.26. The molecule has 0 aliphatic carbocycles. The second kappa shape index (κ2) is 8.52. The summed E-state index contributed by atoms with van der Waals surface area (Å²) in [5.74, 6) is 0.373. The number of rotatable bonds is 4. The number of anilines is 1. The minimum absolute atomic E-state index is 0.0763. The van der Waals surface area contributed by atoms with Gasteiger partial charge in [0.1, 0.15) is 5.82 Å². The van der Waals surface area contributed by atoms with Crippen LogP contribution in [0.4, 0.5) is 10.1 Å². The van der Waals surface area contributed by atoms with Gasteiger partial charge in [0, 0.05) is 11.5 Å². The lowest BCUT2D eigenvalue weighted by Crippen LogP contribution is -2.30. The van der Waals surface area contributed by atoms with Crippen LogP contribution in [0.3, 0.4) is 0 Å². The molecule has 4 rings (SSSR count). The fraction of sp³-hybridized carbons (Fsp3) is 0.240. The van der Waals surface area contributed by atoms with E-state index in [2.05, 4.69) is 68.1 Å². The molecule has 0 radical (unpaired) electrons. The molecule has 0 aromatic heterocycles. The molecule has 1 aliphatic heterocycles. The average Bonchev–Trinajstić information content (AvgIpc) is 2.74. The third-order valence-corrected chi connectivity index (χ3v) is 6.72. The number of guanidine groups is 1. The van der Waals surface area contributed by atoms with Crippen LogP contribution in [0.5, 0.6) is 0 Å². The smallest absolute Gasteiger partial charge is 0.206 e. The Morgan fingerprint density at radius 2 is 1.73 bits per heavy atom. The molecule has 3 nitrogen and oxygen atoms in total. The van der Waals surface area contributed by atoms with Crippen LogP contribution in [0.1, 0.15) is 46.2 Å². The van der Waals surface area contributed by atoms with Gasteiger partial charge in [0.2, 0.25) is 5.96 Å². The van der Waals surface area contributed by atoms with Gasteiger partial charge in [-0.2, -0.15) is 0 Å². The molecule has 2 N–H and O–H groups in total. The monoisotopic (exact) mass is 419 g/mol. The molecular weight excluding hydrogens is 393 g/mol. The van der Waals surface area contributed by atoms with E-state index in [0.717, 1.165) is 21.7 Å². The molecule has 1 aliphatic rings. The van der Waals surface area contributed by atoms with E-state index in [1.807, 2.05) is 18.2 Å². The fourth-order valence-corrected chi connectivity index (χ4v) is 4.63. The number of halogens is 1. The van der Waals surface area contributed by atoms with Crippen LogP contribution < -0.4 is 10.0 Å². The van der Waals surface area contributed by atoms with Crippen LogP contribution in [0.2, 0.25) is 0 Å². The van der Waals surface area contributed by atoms with E-state index in [1.54, 1.807) is 6.07 Å². The zero-order chi connectivity index (χ0) is 21.3. The summed E-state index contributed by atoms with van der Waals surface area (Å²) in [4.78, 5) is 5.70. The van der Waals surface area contributed by atoms with E-state index in [-0.39, 0.29) is 11.7 Å². The first-order valence-electron chi connectivity index (χ1n) is 10.1. The van der Waals surface area contributed by atoms with Gasteiger partial charge in [-0.15, -0.1) is 0 Å². The van der Waals surface area contributed by atoms with Crippen molar-refractivity contribution in [3.8, 4) is 0 Å². The van der Waals surface area contributed by atoms with E-state index in [4.69, 9.17) is 4.99 Å². The molecule has 154 valence electrons. The van der Waals surface area contributed by atoms with E-state index in [0.29, 0.717) is 18.1 Å². The van der Waals surface area contributed by atoms with Gasteiger partial charge >= 0.3 is 0 Å². The normalized spacial score (nSPS) is 15.3. The van der Waals surface area contributed by atoms with E-state index in [9.17, 15) is 0 Å². The molecule has 0 amide bonds. The standard InChI is InChI=1S/C25H26FN3S/c1-15-9-7-10-19(17(15)3)14-27-25-28-24-22(30-29-25)13-12-21(26)23(24)18(4)20-11-6-5-8-16(20)2/h5-13,18H,14H2,1-4H3,(H2,27,28,29). The highest BCUT2D eigenvalue weighted by Crippen LogP contribution is 2.40. The summed E-state index contributed by atoms with van der Waals surface area (Å²) in [6.07, 6.45) is 0. The number of hydrogen-bond acceptors (Lipinski definition) is 2. The van der Waals surface area contributed by atoms with Crippen molar-refractivity contribution in [1.82, 2.24) is 4.72 Å². The quantitative estimate of drug-likeness (QED) is 0.475. The van der Waals surface area contributed by atoms with Crippen LogP contribution in [-0.4, -0.2) is 5.96 Å². The maximum Gasteiger partial charge on any atom is 0.206 e. The Labute approximate surface area is 182 Å². The fourth-order valence-electron chi connectivity index (χ4n) is 3.91. The van der Waals surface area contributed by atoms with Gasteiger partial charge in [0.05, 0.1) is 17.1 Å². The van der Waals surface area contributed by atoms with Crippen molar-refractivity contribution in [3.05, 3.63) is 93.8 Å². The molecule has 0 bridgehead atoms. The van der Waals surface area contributed by atoms with Crippen LogP contribution in [0.25, 0.3) is 0 Å². The zero-order valence-corrected chi connectivity index (χ0v) is 18.5. The average molecular weight is 420 g/mol. The minimum Gasteiger partial charge on any atom is -0.324 e. The first-order valence-corrected chi connectivity index (χ1v) is 10.9. The van der Waals surface area contributed by atoms with Gasteiger partial charge < -0.3 is 5.32 Å². The highest BCUT2D eigenvalue weighted by Gasteiger charge is 2.25. The molecule has 3 aromatic carbocycles. The number of nitrogens with one attached hydrogen (secondary N) is 2. The summed E-state index contributed by atoms with van der Waals surface area (Å²) in [5.41, 5.74) is 7.47. The number of fused-ring (bicyclic) bond motifs is 1. The Kier molecular flexibility index (Phi) is 5.82. The van der Waals surface area contributed by atoms with Gasteiger partial charge in [0.25, 0.3) is 0 Å². The maximum atomic E-state index is 15.0. The molecule has 1 unspecified atom stereocenters. The Morgan fingerprint density at radius 3 is 2.53 bits per heavy atom. The molecule has 1 atom stereocenters. The molecular formula is C25H26FN3S. The second-order valence-corrected chi connectivity index (χ2v) is 8.61. The lowest BCUT2D eigenvalue weighted by molar-refractivity contribution is 0.602. The Morgan fingerprint density at radius 1 is 0.967 bits per heavy atom. The van der Waals surface area contributed by atoms with Crippen molar-refractivity contribution in [1.29, 1.82) is 0 Å². The highest BCUT2D eigenvalue weighted by molar-refractivity contribution is 7.98. The molecule has 0 saturated carbocycles. The zero-order valence-electron chi connectivity index (χ0n) is 17.7.